The van der Waals surface area contributed by atoms with Crippen LogP contribution >= 0.6 is 0 Å². The number of sulfone groups is 1. The molecule has 3 rings (SSSR count). The zero-order valence-corrected chi connectivity index (χ0v) is 13.8. The Bertz CT molecular complexity index is 724. The highest BCUT2D eigenvalue weighted by Crippen LogP contribution is 2.27. The molecule has 0 bridgehead atoms. The van der Waals surface area contributed by atoms with E-state index in [0.717, 1.165) is 37.7 Å². The van der Waals surface area contributed by atoms with Crippen LogP contribution in [0.4, 0.5) is 5.82 Å². The summed E-state index contributed by atoms with van der Waals surface area (Å²) in [5.41, 5.74) is 1.13. The summed E-state index contributed by atoms with van der Waals surface area (Å²) in [6.45, 7) is 0.629. The Hall–Kier alpha value is -1.95. The molecule has 5 nitrogen and oxygen atoms in total. The Labute approximate surface area is 137 Å². The molecule has 1 aliphatic carbocycles. The highest BCUT2D eigenvalue weighted by atomic mass is 32.2. The fourth-order valence-corrected chi connectivity index (χ4v) is 4.61. The predicted molar refractivity (Wildman–Crippen MR) is 89.9 cm³/mol. The fourth-order valence-electron chi connectivity index (χ4n) is 2.90. The van der Waals surface area contributed by atoms with Crippen LogP contribution in [0.15, 0.2) is 47.5 Å². The zero-order valence-electron chi connectivity index (χ0n) is 13.0. The molecular weight excluding hydrogens is 310 g/mol. The molecule has 1 aliphatic rings. The average Bonchev–Trinajstić information content (AvgIpc) is 2.62. The van der Waals surface area contributed by atoms with E-state index in [-0.39, 0.29) is 10.3 Å². The molecule has 1 aromatic heterocycles. The molecule has 23 heavy (non-hydrogen) atoms. The van der Waals surface area contributed by atoms with Gasteiger partial charge in [-0.3, -0.25) is 0 Å². The normalized spacial score (nSPS) is 16.2. The van der Waals surface area contributed by atoms with Crippen LogP contribution in [-0.4, -0.2) is 23.9 Å². The fraction of sp³-hybridized carbons (Fsp3) is 0.412. The molecule has 0 spiro atoms. The van der Waals surface area contributed by atoms with Gasteiger partial charge in [0.05, 0.1) is 5.25 Å². The second-order valence-electron chi connectivity index (χ2n) is 5.90. The molecule has 0 aliphatic heterocycles. The standard InChI is InChI=1S/C17H21N3O2S/c21-23(22,15-9-5-2-6-10-15)17-12-11-16(19-20-17)18-13-14-7-3-1-4-8-14/h1,3-4,7-8,11-12,15H,2,5-6,9-10,13H2,(H,18,19). The van der Waals surface area contributed by atoms with Crippen molar-refractivity contribution in [2.24, 2.45) is 0 Å². The molecule has 0 unspecified atom stereocenters. The number of nitrogens with zero attached hydrogens (tertiary/aromatic N) is 2. The Morgan fingerprint density at radius 3 is 2.35 bits per heavy atom. The van der Waals surface area contributed by atoms with Crippen LogP contribution in [0.25, 0.3) is 0 Å². The maximum Gasteiger partial charge on any atom is 0.200 e. The number of anilines is 1. The molecule has 1 N–H and O–H groups in total. The minimum atomic E-state index is -3.35. The van der Waals surface area contributed by atoms with Crippen molar-refractivity contribution in [1.29, 1.82) is 0 Å². The summed E-state index contributed by atoms with van der Waals surface area (Å²) in [6, 6.07) is 13.2. The SMILES string of the molecule is O=S(=O)(c1ccc(NCc2ccccc2)nn1)C1CCCCC1. The van der Waals surface area contributed by atoms with Gasteiger partial charge in [-0.25, -0.2) is 8.42 Å². The van der Waals surface area contributed by atoms with E-state index in [1.807, 2.05) is 30.3 Å². The molecule has 1 saturated carbocycles. The lowest BCUT2D eigenvalue weighted by Gasteiger charge is -2.20. The first kappa shape index (κ1) is 15.9. The van der Waals surface area contributed by atoms with Crippen LogP contribution in [0.5, 0.6) is 0 Å². The summed E-state index contributed by atoms with van der Waals surface area (Å²) in [6.07, 6.45) is 4.55. The average molecular weight is 331 g/mol. The Morgan fingerprint density at radius 1 is 0.957 bits per heavy atom. The monoisotopic (exact) mass is 331 g/mol. The molecule has 1 aromatic carbocycles. The minimum Gasteiger partial charge on any atom is -0.365 e. The third-order valence-corrected chi connectivity index (χ3v) is 6.39. The third kappa shape index (κ3) is 3.88. The predicted octanol–water partition coefficient (Wildman–Crippen LogP) is 3.20. The lowest BCUT2D eigenvalue weighted by molar-refractivity contribution is 0.481. The maximum absolute atomic E-state index is 12.6. The molecular formula is C17H21N3O2S. The summed E-state index contributed by atoms with van der Waals surface area (Å²) in [7, 11) is -3.35. The molecule has 0 saturated heterocycles. The summed E-state index contributed by atoms with van der Waals surface area (Å²) in [5, 5.41) is 10.9. The third-order valence-electron chi connectivity index (χ3n) is 4.24. The van der Waals surface area contributed by atoms with E-state index in [0.29, 0.717) is 12.4 Å². The van der Waals surface area contributed by atoms with Gasteiger partial charge in [0.1, 0.15) is 5.82 Å². The number of hydrogen-bond acceptors (Lipinski definition) is 5. The largest absolute Gasteiger partial charge is 0.365 e. The van der Waals surface area contributed by atoms with Gasteiger partial charge in [0.2, 0.25) is 0 Å². The molecule has 1 fully saturated rings. The highest BCUT2D eigenvalue weighted by Gasteiger charge is 2.30. The number of aromatic nitrogens is 2. The van der Waals surface area contributed by atoms with Crippen molar-refractivity contribution >= 4 is 15.7 Å². The van der Waals surface area contributed by atoms with Gasteiger partial charge in [-0.05, 0) is 30.5 Å². The van der Waals surface area contributed by atoms with Crippen LogP contribution in [-0.2, 0) is 16.4 Å². The van der Waals surface area contributed by atoms with Crippen LogP contribution in [0.3, 0.4) is 0 Å². The van der Waals surface area contributed by atoms with Crippen molar-refractivity contribution in [2.45, 2.75) is 48.9 Å². The van der Waals surface area contributed by atoms with Crippen molar-refractivity contribution in [2.75, 3.05) is 5.32 Å². The van der Waals surface area contributed by atoms with Gasteiger partial charge in [0, 0.05) is 6.54 Å². The smallest absolute Gasteiger partial charge is 0.200 e. The van der Waals surface area contributed by atoms with Gasteiger partial charge < -0.3 is 5.32 Å². The minimum absolute atomic E-state index is 0.0923. The summed E-state index contributed by atoms with van der Waals surface area (Å²) in [5.74, 6) is 0.580. The van der Waals surface area contributed by atoms with Crippen molar-refractivity contribution in [3.63, 3.8) is 0 Å². The number of benzene rings is 1. The van der Waals surface area contributed by atoms with Gasteiger partial charge in [-0.15, -0.1) is 10.2 Å². The van der Waals surface area contributed by atoms with Crippen molar-refractivity contribution in [3.8, 4) is 0 Å². The lowest BCUT2D eigenvalue weighted by Crippen LogP contribution is -2.25. The van der Waals surface area contributed by atoms with Gasteiger partial charge in [0.25, 0.3) is 0 Å². The van der Waals surface area contributed by atoms with E-state index in [2.05, 4.69) is 15.5 Å². The van der Waals surface area contributed by atoms with Crippen molar-refractivity contribution < 1.29 is 8.42 Å². The quantitative estimate of drug-likeness (QED) is 0.911. The second-order valence-corrected chi connectivity index (χ2v) is 8.08. The van der Waals surface area contributed by atoms with E-state index in [1.165, 1.54) is 0 Å². The van der Waals surface area contributed by atoms with E-state index >= 15 is 0 Å². The van der Waals surface area contributed by atoms with Crippen molar-refractivity contribution in [3.05, 3.63) is 48.0 Å². The van der Waals surface area contributed by atoms with Crippen LogP contribution < -0.4 is 5.32 Å². The second kappa shape index (κ2) is 7.08. The molecule has 0 amide bonds. The summed E-state index contributed by atoms with van der Waals surface area (Å²) < 4.78 is 25.1. The molecule has 0 atom stereocenters. The molecule has 6 heteroatoms. The Balaban J connectivity index is 1.66. The van der Waals surface area contributed by atoms with Gasteiger partial charge in [0.15, 0.2) is 14.9 Å². The Morgan fingerprint density at radius 2 is 1.70 bits per heavy atom. The highest BCUT2D eigenvalue weighted by molar-refractivity contribution is 7.92. The van der Waals surface area contributed by atoms with E-state index in [4.69, 9.17) is 0 Å². The van der Waals surface area contributed by atoms with Gasteiger partial charge >= 0.3 is 0 Å². The van der Waals surface area contributed by atoms with Gasteiger partial charge in [-0.2, -0.15) is 0 Å². The van der Waals surface area contributed by atoms with Crippen LogP contribution in [0, 0.1) is 0 Å². The number of hydrogen-bond donors (Lipinski definition) is 1. The van der Waals surface area contributed by atoms with Gasteiger partial charge in [-0.1, -0.05) is 49.6 Å². The van der Waals surface area contributed by atoms with E-state index < -0.39 is 9.84 Å². The zero-order chi connectivity index (χ0) is 16.1. The topological polar surface area (TPSA) is 72.0 Å². The van der Waals surface area contributed by atoms with Crippen molar-refractivity contribution in [1.82, 2.24) is 10.2 Å². The number of nitrogens with one attached hydrogen (secondary N) is 1. The first-order valence-corrected chi connectivity index (χ1v) is 9.56. The van der Waals surface area contributed by atoms with E-state index in [1.54, 1.807) is 12.1 Å². The number of rotatable bonds is 5. The summed E-state index contributed by atoms with van der Waals surface area (Å²) in [4.78, 5) is 0. The molecule has 122 valence electrons. The molecule has 2 aromatic rings. The summed E-state index contributed by atoms with van der Waals surface area (Å²) >= 11 is 0. The molecule has 0 radical (unpaired) electrons. The van der Waals surface area contributed by atoms with Crippen LogP contribution in [0.2, 0.25) is 0 Å². The Kier molecular flexibility index (Phi) is 4.91. The lowest BCUT2D eigenvalue weighted by atomic mass is 10.0. The van der Waals surface area contributed by atoms with Crippen LogP contribution in [0.1, 0.15) is 37.7 Å². The first-order valence-electron chi connectivity index (χ1n) is 8.02. The maximum atomic E-state index is 12.6. The first-order chi connectivity index (χ1) is 11.2. The molecule has 1 heterocycles. The van der Waals surface area contributed by atoms with E-state index in [9.17, 15) is 8.42 Å².